The second-order valence-corrected chi connectivity index (χ2v) is 6.79. The molecular formula is C24H22N4O2. The molecule has 1 aromatic heterocycles. The summed E-state index contributed by atoms with van der Waals surface area (Å²) in [6, 6.07) is 24.8. The van der Waals surface area contributed by atoms with Crippen LogP contribution in [0.1, 0.15) is 23.1 Å². The minimum absolute atomic E-state index is 0.101. The fraction of sp³-hybridized carbons (Fsp3) is 0.125. The van der Waals surface area contributed by atoms with Gasteiger partial charge in [-0.1, -0.05) is 42.5 Å². The molecule has 4 aromatic rings. The minimum Gasteiger partial charge on any atom is -0.494 e. The van der Waals surface area contributed by atoms with Crippen molar-refractivity contribution in [2.45, 2.75) is 13.8 Å². The summed E-state index contributed by atoms with van der Waals surface area (Å²) in [6.07, 6.45) is 0. The average molecular weight is 398 g/mol. The lowest BCUT2D eigenvalue weighted by atomic mass is 10.2. The third-order valence-electron chi connectivity index (χ3n) is 4.51. The zero-order valence-corrected chi connectivity index (χ0v) is 16.9. The second kappa shape index (κ2) is 8.61. The largest absolute Gasteiger partial charge is 0.494 e. The van der Waals surface area contributed by atoms with Gasteiger partial charge in [0.15, 0.2) is 5.82 Å². The normalized spacial score (nSPS) is 10.6. The third-order valence-corrected chi connectivity index (χ3v) is 4.51. The lowest BCUT2D eigenvalue weighted by Crippen LogP contribution is -2.14. The summed E-state index contributed by atoms with van der Waals surface area (Å²) in [5.74, 6) is 1.09. The maximum atomic E-state index is 12.8. The topological polar surface area (TPSA) is 69.0 Å². The highest BCUT2D eigenvalue weighted by Gasteiger charge is 2.19. The second-order valence-electron chi connectivity index (χ2n) is 6.79. The quantitative estimate of drug-likeness (QED) is 0.502. The van der Waals surface area contributed by atoms with Gasteiger partial charge >= 0.3 is 0 Å². The van der Waals surface area contributed by atoms with E-state index in [-0.39, 0.29) is 11.7 Å². The first kappa shape index (κ1) is 19.4. The van der Waals surface area contributed by atoms with Crippen molar-refractivity contribution in [3.05, 3.63) is 90.3 Å². The van der Waals surface area contributed by atoms with Crippen LogP contribution < -0.4 is 10.1 Å². The molecule has 150 valence electrons. The van der Waals surface area contributed by atoms with Gasteiger partial charge in [-0.3, -0.25) is 4.79 Å². The molecule has 1 amide bonds. The molecule has 0 saturated heterocycles. The SMILES string of the molecule is CCOc1ccc(NC(=O)c2nc(-c3ccccc3)n(-c3cccc(C)c3)n2)cc1. The number of amides is 1. The third kappa shape index (κ3) is 4.22. The van der Waals surface area contributed by atoms with Gasteiger partial charge in [0.25, 0.3) is 5.91 Å². The first-order chi connectivity index (χ1) is 14.6. The van der Waals surface area contributed by atoms with Crippen molar-refractivity contribution >= 4 is 11.6 Å². The van der Waals surface area contributed by atoms with Gasteiger partial charge in [-0.05, 0) is 55.8 Å². The summed E-state index contributed by atoms with van der Waals surface area (Å²) in [5, 5.41) is 7.36. The molecule has 4 rings (SSSR count). The molecule has 0 bridgehead atoms. The van der Waals surface area contributed by atoms with Gasteiger partial charge in [0, 0.05) is 11.3 Å². The van der Waals surface area contributed by atoms with E-state index in [0.717, 1.165) is 22.6 Å². The van der Waals surface area contributed by atoms with E-state index in [1.54, 1.807) is 16.8 Å². The summed E-state index contributed by atoms with van der Waals surface area (Å²) < 4.78 is 7.14. The molecule has 0 atom stereocenters. The molecule has 6 nitrogen and oxygen atoms in total. The number of benzene rings is 3. The molecule has 0 radical (unpaired) electrons. The van der Waals surface area contributed by atoms with Crippen molar-refractivity contribution in [3.8, 4) is 22.8 Å². The zero-order valence-electron chi connectivity index (χ0n) is 16.9. The molecule has 1 heterocycles. The number of carbonyl (C=O) groups excluding carboxylic acids is 1. The van der Waals surface area contributed by atoms with Crippen molar-refractivity contribution in [2.75, 3.05) is 11.9 Å². The molecule has 1 N–H and O–H groups in total. The molecule has 0 aliphatic heterocycles. The molecule has 0 unspecified atom stereocenters. The van der Waals surface area contributed by atoms with Crippen LogP contribution in [-0.2, 0) is 0 Å². The van der Waals surface area contributed by atoms with Crippen molar-refractivity contribution in [1.29, 1.82) is 0 Å². The van der Waals surface area contributed by atoms with Crippen molar-refractivity contribution in [1.82, 2.24) is 14.8 Å². The minimum atomic E-state index is -0.372. The van der Waals surface area contributed by atoms with Gasteiger partial charge in [-0.25, -0.2) is 9.67 Å². The summed E-state index contributed by atoms with van der Waals surface area (Å²) in [7, 11) is 0. The number of ether oxygens (including phenoxy) is 1. The number of aryl methyl sites for hydroxylation is 1. The highest BCUT2D eigenvalue weighted by Crippen LogP contribution is 2.22. The van der Waals surface area contributed by atoms with Crippen molar-refractivity contribution in [2.24, 2.45) is 0 Å². The number of rotatable bonds is 6. The van der Waals surface area contributed by atoms with Crippen LogP contribution in [0.25, 0.3) is 17.1 Å². The number of anilines is 1. The Kier molecular flexibility index (Phi) is 5.57. The van der Waals surface area contributed by atoms with Crippen LogP contribution in [0.2, 0.25) is 0 Å². The highest BCUT2D eigenvalue weighted by atomic mass is 16.5. The maximum absolute atomic E-state index is 12.8. The van der Waals surface area contributed by atoms with Crippen LogP contribution >= 0.6 is 0 Å². The summed E-state index contributed by atoms with van der Waals surface area (Å²) in [4.78, 5) is 17.4. The number of carbonyl (C=O) groups is 1. The van der Waals surface area contributed by atoms with Crippen LogP contribution in [-0.4, -0.2) is 27.3 Å². The predicted octanol–water partition coefficient (Wildman–Crippen LogP) is 4.89. The zero-order chi connectivity index (χ0) is 20.9. The van der Waals surface area contributed by atoms with Gasteiger partial charge in [-0.15, -0.1) is 5.10 Å². The summed E-state index contributed by atoms with van der Waals surface area (Å²) in [6.45, 7) is 4.53. The molecule has 0 fully saturated rings. The molecular weight excluding hydrogens is 376 g/mol. The van der Waals surface area contributed by atoms with E-state index < -0.39 is 0 Å². The number of aromatic nitrogens is 3. The Morgan fingerprint density at radius 2 is 1.77 bits per heavy atom. The first-order valence-electron chi connectivity index (χ1n) is 9.78. The molecule has 3 aromatic carbocycles. The fourth-order valence-corrected chi connectivity index (χ4v) is 3.11. The molecule has 0 saturated carbocycles. The standard InChI is InChI=1S/C24H22N4O2/c1-3-30-21-14-12-19(13-15-21)25-24(29)22-26-23(18-9-5-4-6-10-18)28(27-22)20-11-7-8-17(2)16-20/h4-16H,3H2,1-2H3,(H,25,29). The molecule has 0 aliphatic carbocycles. The monoisotopic (exact) mass is 398 g/mol. The van der Waals surface area contributed by atoms with E-state index in [1.165, 1.54) is 0 Å². The van der Waals surface area contributed by atoms with Crippen LogP contribution in [0.5, 0.6) is 5.75 Å². The van der Waals surface area contributed by atoms with Crippen LogP contribution in [0, 0.1) is 6.92 Å². The highest BCUT2D eigenvalue weighted by molar-refractivity contribution is 6.01. The molecule has 30 heavy (non-hydrogen) atoms. The predicted molar refractivity (Wildman–Crippen MR) is 117 cm³/mol. The maximum Gasteiger partial charge on any atom is 0.295 e. The van der Waals surface area contributed by atoms with Gasteiger partial charge in [0.2, 0.25) is 5.82 Å². The lowest BCUT2D eigenvalue weighted by molar-refractivity contribution is 0.101. The van der Waals surface area contributed by atoms with Crippen molar-refractivity contribution in [3.63, 3.8) is 0 Å². The number of hydrogen-bond donors (Lipinski definition) is 1. The Morgan fingerprint density at radius 3 is 2.47 bits per heavy atom. The smallest absolute Gasteiger partial charge is 0.295 e. The first-order valence-corrected chi connectivity index (χ1v) is 9.78. The number of nitrogens with one attached hydrogen (secondary N) is 1. The van der Waals surface area contributed by atoms with Gasteiger partial charge in [0.05, 0.1) is 12.3 Å². The van der Waals surface area contributed by atoms with Gasteiger partial charge in [0.1, 0.15) is 5.75 Å². The number of hydrogen-bond acceptors (Lipinski definition) is 4. The Labute approximate surface area is 175 Å². The van der Waals surface area contributed by atoms with Crippen LogP contribution in [0.4, 0.5) is 5.69 Å². The molecule has 6 heteroatoms. The average Bonchev–Trinajstić information content (AvgIpc) is 3.22. The van der Waals surface area contributed by atoms with Crippen LogP contribution in [0.3, 0.4) is 0 Å². The van der Waals surface area contributed by atoms with E-state index in [1.807, 2.05) is 80.6 Å². The van der Waals surface area contributed by atoms with E-state index in [4.69, 9.17) is 4.74 Å². The van der Waals surface area contributed by atoms with E-state index in [9.17, 15) is 4.79 Å². The number of nitrogens with zero attached hydrogens (tertiary/aromatic N) is 3. The Hall–Kier alpha value is -3.93. The summed E-state index contributed by atoms with van der Waals surface area (Å²) >= 11 is 0. The fourth-order valence-electron chi connectivity index (χ4n) is 3.11. The lowest BCUT2D eigenvalue weighted by Gasteiger charge is -2.06. The summed E-state index contributed by atoms with van der Waals surface area (Å²) in [5.41, 5.74) is 3.48. The Bertz CT molecular complexity index is 1150. The molecule has 0 aliphatic rings. The Balaban J connectivity index is 1.67. The van der Waals surface area contributed by atoms with E-state index in [2.05, 4.69) is 15.4 Å². The molecule has 0 spiro atoms. The Morgan fingerprint density at radius 1 is 1.00 bits per heavy atom. The van der Waals surface area contributed by atoms with Gasteiger partial charge in [-0.2, -0.15) is 0 Å². The van der Waals surface area contributed by atoms with Gasteiger partial charge < -0.3 is 10.1 Å². The van der Waals surface area contributed by atoms with E-state index in [0.29, 0.717) is 18.1 Å². The van der Waals surface area contributed by atoms with Crippen LogP contribution in [0.15, 0.2) is 78.9 Å². The van der Waals surface area contributed by atoms with E-state index >= 15 is 0 Å². The van der Waals surface area contributed by atoms with Crippen molar-refractivity contribution < 1.29 is 9.53 Å².